The smallest absolute Gasteiger partial charge is 0.407 e. The first-order valence-electron chi connectivity index (χ1n) is 3.12. The van der Waals surface area contributed by atoms with Gasteiger partial charge in [-0.3, -0.25) is 4.79 Å². The molecule has 0 aliphatic rings. The molecule has 0 aromatic rings. The molecule has 64 valence electrons. The van der Waals surface area contributed by atoms with Crippen LogP contribution in [0.2, 0.25) is 0 Å². The predicted octanol–water partition coefficient (Wildman–Crippen LogP) is 0.206. The van der Waals surface area contributed by atoms with Crippen LogP contribution in [0.1, 0.15) is 13.3 Å². The van der Waals surface area contributed by atoms with E-state index in [9.17, 15) is 9.59 Å². The molecule has 11 heavy (non-hydrogen) atoms. The standard InChI is InChI=1S/C6H11NO4/c1-4(3-5(8)9)7-6(10)11-2/h4H,3H2,1-2H3,(H,7,10)(H,8,9). The zero-order valence-electron chi connectivity index (χ0n) is 6.46. The minimum atomic E-state index is -0.950. The molecule has 0 spiro atoms. The van der Waals surface area contributed by atoms with Crippen LogP contribution < -0.4 is 5.32 Å². The van der Waals surface area contributed by atoms with E-state index in [-0.39, 0.29) is 6.42 Å². The summed E-state index contributed by atoms with van der Waals surface area (Å²) in [4.78, 5) is 20.6. The maximum absolute atomic E-state index is 10.5. The number of methoxy groups -OCH3 is 1. The molecule has 2 N–H and O–H groups in total. The number of alkyl carbamates (subject to hydrolysis) is 1. The van der Waals surface area contributed by atoms with Gasteiger partial charge < -0.3 is 15.2 Å². The topological polar surface area (TPSA) is 75.6 Å². The number of hydrogen-bond donors (Lipinski definition) is 2. The highest BCUT2D eigenvalue weighted by atomic mass is 16.5. The molecule has 0 heterocycles. The SMILES string of the molecule is COC(=O)NC(C)CC(=O)O. The Bertz CT molecular complexity index is 157. The monoisotopic (exact) mass is 161 g/mol. The maximum Gasteiger partial charge on any atom is 0.407 e. The molecule has 0 rings (SSSR count). The predicted molar refractivity (Wildman–Crippen MR) is 37.3 cm³/mol. The van der Waals surface area contributed by atoms with Crippen LogP contribution >= 0.6 is 0 Å². The molecule has 0 aromatic carbocycles. The highest BCUT2D eigenvalue weighted by Crippen LogP contribution is 1.90. The number of rotatable bonds is 3. The summed E-state index contributed by atoms with van der Waals surface area (Å²) in [5.41, 5.74) is 0. The Kier molecular flexibility index (Phi) is 4.02. The van der Waals surface area contributed by atoms with Gasteiger partial charge in [-0.25, -0.2) is 4.79 Å². The Morgan fingerprint density at radius 3 is 2.55 bits per heavy atom. The Hall–Kier alpha value is -1.26. The van der Waals surface area contributed by atoms with E-state index in [1.165, 1.54) is 7.11 Å². The normalized spacial score (nSPS) is 11.8. The number of ether oxygens (including phenoxy) is 1. The van der Waals surface area contributed by atoms with Gasteiger partial charge >= 0.3 is 12.1 Å². The first kappa shape index (κ1) is 9.74. The molecule has 5 heteroatoms. The summed E-state index contributed by atoms with van der Waals surface area (Å²) in [6, 6.07) is -0.403. The van der Waals surface area contributed by atoms with E-state index in [0.717, 1.165) is 0 Å². The van der Waals surface area contributed by atoms with Gasteiger partial charge in [-0.2, -0.15) is 0 Å². The molecule has 0 saturated carbocycles. The van der Waals surface area contributed by atoms with Gasteiger partial charge in [-0.15, -0.1) is 0 Å². The number of aliphatic carboxylic acids is 1. The fourth-order valence-corrected chi connectivity index (χ4v) is 0.573. The van der Waals surface area contributed by atoms with Crippen molar-refractivity contribution >= 4 is 12.1 Å². The van der Waals surface area contributed by atoms with Crippen molar-refractivity contribution in [1.29, 1.82) is 0 Å². The van der Waals surface area contributed by atoms with Gasteiger partial charge in [0, 0.05) is 6.04 Å². The van der Waals surface area contributed by atoms with Gasteiger partial charge in [0.15, 0.2) is 0 Å². The molecule has 0 radical (unpaired) electrons. The van der Waals surface area contributed by atoms with Crippen molar-refractivity contribution in [2.75, 3.05) is 7.11 Å². The van der Waals surface area contributed by atoms with Crippen LogP contribution in [-0.2, 0) is 9.53 Å². The van der Waals surface area contributed by atoms with E-state index in [2.05, 4.69) is 10.1 Å². The quantitative estimate of drug-likeness (QED) is 0.620. The highest BCUT2D eigenvalue weighted by molar-refractivity contribution is 5.71. The molecule has 0 aromatic heterocycles. The molecule has 0 fully saturated rings. The Labute approximate surface area is 64.3 Å². The van der Waals surface area contributed by atoms with Crippen LogP contribution in [0.15, 0.2) is 0 Å². The second-order valence-electron chi connectivity index (χ2n) is 2.13. The van der Waals surface area contributed by atoms with Crippen molar-refractivity contribution in [3.05, 3.63) is 0 Å². The second-order valence-corrected chi connectivity index (χ2v) is 2.13. The number of amides is 1. The van der Waals surface area contributed by atoms with Crippen molar-refractivity contribution in [3.63, 3.8) is 0 Å². The van der Waals surface area contributed by atoms with Crippen LogP contribution in [0.25, 0.3) is 0 Å². The summed E-state index contributed by atoms with van der Waals surface area (Å²) in [5.74, 6) is -0.950. The van der Waals surface area contributed by atoms with Crippen molar-refractivity contribution in [3.8, 4) is 0 Å². The van der Waals surface area contributed by atoms with Gasteiger partial charge in [0.25, 0.3) is 0 Å². The molecule has 0 bridgehead atoms. The zero-order valence-corrected chi connectivity index (χ0v) is 6.46. The summed E-state index contributed by atoms with van der Waals surface area (Å²) in [5, 5.41) is 10.6. The lowest BCUT2D eigenvalue weighted by Gasteiger charge is -2.09. The van der Waals surface area contributed by atoms with Gasteiger partial charge in [0.05, 0.1) is 13.5 Å². The Morgan fingerprint density at radius 2 is 2.18 bits per heavy atom. The van der Waals surface area contributed by atoms with Crippen molar-refractivity contribution in [2.24, 2.45) is 0 Å². The molecular formula is C6H11NO4. The Morgan fingerprint density at radius 1 is 1.64 bits per heavy atom. The van der Waals surface area contributed by atoms with E-state index in [4.69, 9.17) is 5.11 Å². The molecule has 0 saturated heterocycles. The lowest BCUT2D eigenvalue weighted by molar-refractivity contribution is -0.137. The fraction of sp³-hybridized carbons (Fsp3) is 0.667. The van der Waals surface area contributed by atoms with E-state index >= 15 is 0 Å². The third kappa shape index (κ3) is 5.20. The van der Waals surface area contributed by atoms with E-state index in [1.807, 2.05) is 0 Å². The number of carbonyl (C=O) groups is 2. The molecule has 1 atom stereocenters. The minimum absolute atomic E-state index is 0.102. The zero-order chi connectivity index (χ0) is 8.85. The van der Waals surface area contributed by atoms with E-state index in [0.29, 0.717) is 0 Å². The van der Waals surface area contributed by atoms with Crippen LogP contribution in [0.4, 0.5) is 4.79 Å². The summed E-state index contributed by atoms with van der Waals surface area (Å²) in [6.45, 7) is 1.59. The first-order valence-corrected chi connectivity index (χ1v) is 3.12. The second kappa shape index (κ2) is 4.54. The fourth-order valence-electron chi connectivity index (χ4n) is 0.573. The molecule has 5 nitrogen and oxygen atoms in total. The van der Waals surface area contributed by atoms with Gasteiger partial charge in [-0.05, 0) is 6.92 Å². The largest absolute Gasteiger partial charge is 0.481 e. The van der Waals surface area contributed by atoms with Crippen molar-refractivity contribution in [1.82, 2.24) is 5.32 Å². The lowest BCUT2D eigenvalue weighted by Crippen LogP contribution is -2.33. The van der Waals surface area contributed by atoms with Crippen molar-refractivity contribution in [2.45, 2.75) is 19.4 Å². The van der Waals surface area contributed by atoms with E-state index < -0.39 is 18.1 Å². The first-order chi connectivity index (χ1) is 5.06. The molecule has 0 aliphatic heterocycles. The number of nitrogens with one attached hydrogen (secondary N) is 1. The average Bonchev–Trinajstić information content (AvgIpc) is 1.85. The molecular weight excluding hydrogens is 150 g/mol. The average molecular weight is 161 g/mol. The number of carbonyl (C=O) groups excluding carboxylic acids is 1. The lowest BCUT2D eigenvalue weighted by atomic mass is 10.2. The van der Waals surface area contributed by atoms with Crippen LogP contribution in [0.3, 0.4) is 0 Å². The number of carboxylic acid groups (broad SMARTS) is 1. The maximum atomic E-state index is 10.5. The van der Waals surface area contributed by atoms with Crippen LogP contribution in [-0.4, -0.2) is 30.3 Å². The van der Waals surface area contributed by atoms with Gasteiger partial charge in [0.2, 0.25) is 0 Å². The van der Waals surface area contributed by atoms with E-state index in [1.54, 1.807) is 6.92 Å². The summed E-state index contributed by atoms with van der Waals surface area (Å²) >= 11 is 0. The third-order valence-corrected chi connectivity index (χ3v) is 1.03. The summed E-state index contributed by atoms with van der Waals surface area (Å²) in [6.07, 6.45) is -0.714. The molecule has 0 aliphatic carbocycles. The molecule has 1 unspecified atom stereocenters. The summed E-state index contributed by atoms with van der Waals surface area (Å²) in [7, 11) is 1.23. The summed E-state index contributed by atoms with van der Waals surface area (Å²) < 4.78 is 4.26. The molecule has 1 amide bonds. The van der Waals surface area contributed by atoms with Crippen molar-refractivity contribution < 1.29 is 19.4 Å². The van der Waals surface area contributed by atoms with Gasteiger partial charge in [0.1, 0.15) is 0 Å². The van der Waals surface area contributed by atoms with Crippen LogP contribution in [0.5, 0.6) is 0 Å². The van der Waals surface area contributed by atoms with Gasteiger partial charge in [-0.1, -0.05) is 0 Å². The highest BCUT2D eigenvalue weighted by Gasteiger charge is 2.09. The Balaban J connectivity index is 3.60. The number of hydrogen-bond acceptors (Lipinski definition) is 3. The number of carboxylic acids is 1. The third-order valence-electron chi connectivity index (χ3n) is 1.03. The minimum Gasteiger partial charge on any atom is -0.481 e. The van der Waals surface area contributed by atoms with Crippen LogP contribution in [0, 0.1) is 0 Å².